The predicted octanol–water partition coefficient (Wildman–Crippen LogP) is 2.25. The van der Waals surface area contributed by atoms with Gasteiger partial charge in [0.05, 0.1) is 28.1 Å². The normalized spacial score (nSPS) is 22.7. The fraction of sp³-hybridized carbons (Fsp3) is 0.462. The Labute approximate surface area is 212 Å². The van der Waals surface area contributed by atoms with E-state index in [1.165, 1.54) is 9.21 Å². The van der Waals surface area contributed by atoms with Gasteiger partial charge in [0, 0.05) is 18.8 Å². The maximum atomic E-state index is 13.4. The van der Waals surface area contributed by atoms with Gasteiger partial charge in [-0.3, -0.25) is 4.79 Å². The molecule has 8 nitrogen and oxygen atoms in total. The number of carbonyl (C=O) groups is 2. The number of hydrogen-bond acceptors (Lipinski definition) is 6. The van der Waals surface area contributed by atoms with E-state index in [9.17, 15) is 18.0 Å². The lowest BCUT2D eigenvalue weighted by atomic mass is 9.74. The number of aldehydes is 1. The van der Waals surface area contributed by atoms with Crippen molar-refractivity contribution >= 4 is 40.5 Å². The van der Waals surface area contributed by atoms with Gasteiger partial charge in [0.15, 0.2) is 0 Å². The first-order valence-electron chi connectivity index (χ1n) is 12.2. The van der Waals surface area contributed by atoms with E-state index in [1.807, 2.05) is 52.0 Å². The van der Waals surface area contributed by atoms with E-state index >= 15 is 0 Å². The zero-order chi connectivity index (χ0) is 25.9. The molecule has 2 aromatic rings. The van der Waals surface area contributed by atoms with Crippen molar-refractivity contribution in [3.63, 3.8) is 0 Å². The third-order valence-corrected chi connectivity index (χ3v) is 10.2. The van der Waals surface area contributed by atoms with Gasteiger partial charge in [-0.2, -0.15) is 4.31 Å². The molecule has 0 atom stereocenters. The summed E-state index contributed by atoms with van der Waals surface area (Å²) in [6, 6.07) is 14.1. The second-order valence-corrected chi connectivity index (χ2v) is 12.7. The third-order valence-electron chi connectivity index (χ3n) is 8.24. The fourth-order valence-corrected chi connectivity index (χ4v) is 6.81. The van der Waals surface area contributed by atoms with Gasteiger partial charge in [0.1, 0.15) is 6.29 Å². The number of rotatable bonds is 5. The number of fused-ring (bicyclic) bond motifs is 2. The topological polar surface area (TPSA) is 93.2 Å². The van der Waals surface area contributed by atoms with Crippen molar-refractivity contribution in [1.29, 1.82) is 0 Å². The highest BCUT2D eigenvalue weighted by Crippen LogP contribution is 2.48. The number of amides is 1. The molecule has 2 saturated heterocycles. The first-order chi connectivity index (χ1) is 16.9. The minimum Gasteiger partial charge on any atom is -0.399 e. The molecule has 5 rings (SSSR count). The first-order valence-corrected chi connectivity index (χ1v) is 13.7. The number of nitrogens with zero attached hydrogens (tertiary/aromatic N) is 2. The van der Waals surface area contributed by atoms with Crippen LogP contribution in [-0.4, -0.2) is 62.9 Å². The smallest absolute Gasteiger partial charge is 0.399 e. The number of para-hydroxylation sites is 1. The Hall–Kier alpha value is -2.53. The highest BCUT2D eigenvalue weighted by atomic mass is 32.2. The zero-order valence-corrected chi connectivity index (χ0v) is 21.9. The summed E-state index contributed by atoms with van der Waals surface area (Å²) >= 11 is 0. The van der Waals surface area contributed by atoms with Gasteiger partial charge in [-0.05, 0) is 69.8 Å². The standard InChI is InChI=1S/C26H31BN2O6S/c1-24(2)25(3,4)35-27(34-24)19-9-11-20(12-10-19)36(32,33)28-15-13-26(14-16-28)21-7-5-6-8-22(21)29(17-18-30)23(26)31/h5-12,18H,13-17H2,1-4H3. The van der Waals surface area contributed by atoms with Gasteiger partial charge < -0.3 is 19.0 Å². The molecular weight excluding hydrogens is 479 g/mol. The van der Waals surface area contributed by atoms with Crippen LogP contribution in [0.5, 0.6) is 0 Å². The molecule has 36 heavy (non-hydrogen) atoms. The minimum absolute atomic E-state index is 0.00521. The molecule has 3 aliphatic rings. The van der Waals surface area contributed by atoms with Crippen molar-refractivity contribution in [3.8, 4) is 0 Å². The minimum atomic E-state index is -3.74. The summed E-state index contributed by atoms with van der Waals surface area (Å²) in [4.78, 5) is 26.3. The largest absolute Gasteiger partial charge is 0.494 e. The van der Waals surface area contributed by atoms with Crippen LogP contribution in [-0.2, 0) is 34.3 Å². The second kappa shape index (κ2) is 8.51. The Morgan fingerprint density at radius 2 is 1.53 bits per heavy atom. The average Bonchev–Trinajstić information content (AvgIpc) is 3.21. The molecule has 0 aliphatic carbocycles. The lowest BCUT2D eigenvalue weighted by Gasteiger charge is -2.37. The van der Waals surface area contributed by atoms with Crippen molar-refractivity contribution in [2.24, 2.45) is 0 Å². The summed E-state index contributed by atoms with van der Waals surface area (Å²) in [7, 11) is -4.31. The van der Waals surface area contributed by atoms with Crippen molar-refractivity contribution in [2.45, 2.75) is 62.0 Å². The molecule has 2 fully saturated rings. The van der Waals surface area contributed by atoms with Crippen LogP contribution in [0.2, 0.25) is 0 Å². The van der Waals surface area contributed by atoms with Crippen LogP contribution in [0.25, 0.3) is 0 Å². The van der Waals surface area contributed by atoms with Crippen molar-refractivity contribution in [1.82, 2.24) is 4.31 Å². The maximum Gasteiger partial charge on any atom is 0.494 e. The SMILES string of the molecule is CC1(C)OB(c2ccc(S(=O)(=O)N3CCC4(CC3)C(=O)N(CC=O)c3ccccc34)cc2)OC1(C)C. The van der Waals surface area contributed by atoms with Gasteiger partial charge in [0.2, 0.25) is 15.9 Å². The van der Waals surface area contributed by atoms with E-state index in [4.69, 9.17) is 9.31 Å². The molecular formula is C26H31BN2O6S. The van der Waals surface area contributed by atoms with Gasteiger partial charge >= 0.3 is 7.12 Å². The Bertz CT molecular complexity index is 1280. The first kappa shape index (κ1) is 25.1. The molecule has 0 aromatic heterocycles. The quantitative estimate of drug-likeness (QED) is 0.453. The van der Waals surface area contributed by atoms with Crippen molar-refractivity contribution in [2.75, 3.05) is 24.5 Å². The van der Waals surface area contributed by atoms with Gasteiger partial charge in [-0.1, -0.05) is 30.3 Å². The fourth-order valence-electron chi connectivity index (χ4n) is 5.37. The summed E-state index contributed by atoms with van der Waals surface area (Å²) in [5, 5.41) is 0. The molecule has 2 aromatic carbocycles. The molecule has 0 unspecified atom stereocenters. The van der Waals surface area contributed by atoms with E-state index in [-0.39, 0.29) is 30.4 Å². The van der Waals surface area contributed by atoms with E-state index in [1.54, 1.807) is 24.3 Å². The van der Waals surface area contributed by atoms with Crippen LogP contribution in [0.3, 0.4) is 0 Å². The summed E-state index contributed by atoms with van der Waals surface area (Å²) in [5.74, 6) is -0.125. The molecule has 0 radical (unpaired) electrons. The van der Waals surface area contributed by atoms with Crippen LogP contribution < -0.4 is 10.4 Å². The van der Waals surface area contributed by atoms with Gasteiger partial charge in [0.25, 0.3) is 0 Å². The lowest BCUT2D eigenvalue weighted by molar-refractivity contribution is -0.125. The van der Waals surface area contributed by atoms with Crippen LogP contribution in [0.15, 0.2) is 53.4 Å². The number of sulfonamides is 1. The van der Waals surface area contributed by atoms with Gasteiger partial charge in [-0.15, -0.1) is 0 Å². The van der Waals surface area contributed by atoms with E-state index in [2.05, 4.69) is 0 Å². The Morgan fingerprint density at radius 3 is 2.11 bits per heavy atom. The average molecular weight is 510 g/mol. The van der Waals surface area contributed by atoms with E-state index in [0.29, 0.717) is 12.8 Å². The molecule has 1 amide bonds. The van der Waals surface area contributed by atoms with Crippen LogP contribution in [0.4, 0.5) is 5.69 Å². The summed E-state index contributed by atoms with van der Waals surface area (Å²) < 4.78 is 40.5. The number of benzene rings is 2. The van der Waals surface area contributed by atoms with E-state index < -0.39 is 33.8 Å². The van der Waals surface area contributed by atoms with Crippen LogP contribution in [0.1, 0.15) is 46.1 Å². The number of hydrogen-bond donors (Lipinski definition) is 0. The lowest BCUT2D eigenvalue weighted by Crippen LogP contribution is -2.50. The Kier molecular flexibility index (Phi) is 5.94. The molecule has 190 valence electrons. The molecule has 0 bridgehead atoms. The summed E-state index contributed by atoms with van der Waals surface area (Å²) in [5.41, 5.74) is 0.609. The number of piperidine rings is 1. The van der Waals surface area contributed by atoms with Gasteiger partial charge in [-0.25, -0.2) is 8.42 Å². The monoisotopic (exact) mass is 510 g/mol. The second-order valence-electron chi connectivity index (χ2n) is 10.7. The molecule has 1 spiro atoms. The summed E-state index contributed by atoms with van der Waals surface area (Å²) in [6.07, 6.45) is 1.45. The molecule has 10 heteroatoms. The molecule has 3 heterocycles. The molecule has 0 saturated carbocycles. The highest BCUT2D eigenvalue weighted by Gasteiger charge is 2.53. The highest BCUT2D eigenvalue weighted by molar-refractivity contribution is 7.89. The number of anilines is 1. The van der Waals surface area contributed by atoms with Crippen LogP contribution >= 0.6 is 0 Å². The zero-order valence-electron chi connectivity index (χ0n) is 21.1. The molecule has 3 aliphatic heterocycles. The van der Waals surface area contributed by atoms with Crippen molar-refractivity contribution in [3.05, 3.63) is 54.1 Å². The predicted molar refractivity (Wildman–Crippen MR) is 137 cm³/mol. The third kappa shape index (κ3) is 3.73. The van der Waals surface area contributed by atoms with E-state index in [0.717, 1.165) is 23.0 Å². The number of carbonyl (C=O) groups excluding carboxylic acids is 2. The molecule has 0 N–H and O–H groups in total. The summed E-state index contributed by atoms with van der Waals surface area (Å²) in [6.45, 7) is 8.32. The Morgan fingerprint density at radius 1 is 0.944 bits per heavy atom. The maximum absolute atomic E-state index is 13.4. The Balaban J connectivity index is 1.33. The van der Waals surface area contributed by atoms with Crippen molar-refractivity contribution < 1.29 is 27.3 Å². The van der Waals surface area contributed by atoms with Crippen LogP contribution in [0, 0.1) is 0 Å².